The monoisotopic (exact) mass is 582 g/mol. The average Bonchev–Trinajstić information content (AvgIpc) is 3.54. The van der Waals surface area contributed by atoms with Gasteiger partial charge in [0, 0.05) is 16.1 Å². The number of ether oxygens (including phenoxy) is 4. The third-order valence-corrected chi connectivity index (χ3v) is 8.12. The molecule has 6 rings (SSSR count). The molecule has 2 aromatic carbocycles. The van der Waals surface area contributed by atoms with Crippen molar-refractivity contribution in [1.29, 1.82) is 0 Å². The van der Waals surface area contributed by atoms with Crippen molar-refractivity contribution in [3.05, 3.63) is 58.3 Å². The van der Waals surface area contributed by atoms with Crippen molar-refractivity contribution in [3.63, 3.8) is 0 Å². The van der Waals surface area contributed by atoms with Gasteiger partial charge in [0.1, 0.15) is 35.4 Å². The third-order valence-electron chi connectivity index (χ3n) is 7.49. The highest BCUT2D eigenvalue weighted by Crippen LogP contribution is 2.43. The Morgan fingerprint density at radius 2 is 1.90 bits per heavy atom. The van der Waals surface area contributed by atoms with Gasteiger partial charge in [0.15, 0.2) is 11.2 Å². The van der Waals surface area contributed by atoms with E-state index in [0.29, 0.717) is 69.4 Å². The van der Waals surface area contributed by atoms with Crippen molar-refractivity contribution < 1.29 is 23.7 Å². The van der Waals surface area contributed by atoms with Gasteiger partial charge in [0.2, 0.25) is 5.88 Å². The van der Waals surface area contributed by atoms with Gasteiger partial charge in [0.05, 0.1) is 31.7 Å². The van der Waals surface area contributed by atoms with Crippen molar-refractivity contribution in [2.45, 2.75) is 50.9 Å². The summed E-state index contributed by atoms with van der Waals surface area (Å²) in [7, 11) is 3.01. The zero-order valence-electron chi connectivity index (χ0n) is 22.3. The SMILES string of the molecule is COC(=O)C1CC(Oc2cccc(-c3nc4c(OC5(C)CC5)ncnc4n3Cc3cc(Cl)ccc3OC)c2Cl)C1. The first kappa shape index (κ1) is 26.7. The molecule has 2 aliphatic carbocycles. The molecule has 0 unspecified atom stereocenters. The Labute approximate surface area is 241 Å². The molecule has 0 radical (unpaired) electrons. The summed E-state index contributed by atoms with van der Waals surface area (Å²) in [6.07, 6.45) is 4.42. The molecule has 0 amide bonds. The summed E-state index contributed by atoms with van der Waals surface area (Å²) in [4.78, 5) is 25.8. The van der Waals surface area contributed by atoms with Gasteiger partial charge >= 0.3 is 5.97 Å². The van der Waals surface area contributed by atoms with Crippen LogP contribution in [0.1, 0.15) is 38.2 Å². The molecular formula is C29H28Cl2N4O5. The maximum absolute atomic E-state index is 11.8. The lowest BCUT2D eigenvalue weighted by Crippen LogP contribution is -2.38. The van der Waals surface area contributed by atoms with Crippen LogP contribution in [-0.2, 0) is 16.1 Å². The summed E-state index contributed by atoms with van der Waals surface area (Å²) in [5, 5.41) is 0.990. The van der Waals surface area contributed by atoms with Crippen LogP contribution in [0, 0.1) is 5.92 Å². The third kappa shape index (κ3) is 5.04. The molecule has 0 aliphatic heterocycles. The summed E-state index contributed by atoms with van der Waals surface area (Å²) in [6, 6.07) is 11.0. The molecule has 0 spiro atoms. The second-order valence-electron chi connectivity index (χ2n) is 10.4. The fraction of sp³-hybridized carbons (Fsp3) is 0.379. The summed E-state index contributed by atoms with van der Waals surface area (Å²) >= 11 is 13.3. The zero-order valence-corrected chi connectivity index (χ0v) is 23.8. The molecule has 2 aliphatic rings. The van der Waals surface area contributed by atoms with Crippen LogP contribution in [0.4, 0.5) is 0 Å². The lowest BCUT2D eigenvalue weighted by atomic mass is 9.82. The molecule has 2 heterocycles. The van der Waals surface area contributed by atoms with E-state index in [1.54, 1.807) is 13.2 Å². The van der Waals surface area contributed by atoms with Gasteiger partial charge in [-0.1, -0.05) is 29.3 Å². The first-order valence-corrected chi connectivity index (χ1v) is 13.8. The largest absolute Gasteiger partial charge is 0.496 e. The first-order chi connectivity index (χ1) is 19.3. The molecule has 0 N–H and O–H groups in total. The van der Waals surface area contributed by atoms with Crippen LogP contribution in [-0.4, -0.2) is 51.4 Å². The minimum atomic E-state index is -0.252. The molecule has 208 valence electrons. The molecular weight excluding hydrogens is 555 g/mol. The van der Waals surface area contributed by atoms with Crippen LogP contribution >= 0.6 is 23.2 Å². The number of rotatable bonds is 9. The molecule has 2 fully saturated rings. The molecule has 0 bridgehead atoms. The lowest BCUT2D eigenvalue weighted by Gasteiger charge is -2.33. The van der Waals surface area contributed by atoms with Gasteiger partial charge in [-0.05, 0) is 62.9 Å². The molecule has 2 saturated carbocycles. The van der Waals surface area contributed by atoms with Crippen molar-refractivity contribution in [3.8, 4) is 28.8 Å². The highest BCUT2D eigenvalue weighted by Gasteiger charge is 2.41. The standard InChI is InChI=1S/C29H28Cl2N4O5/c1-29(9-10-29)40-27-24-26(32-15-33-27)35(14-17-11-18(30)7-8-21(17)37-2)25(34-24)20-5-4-6-22(23(20)31)39-19-12-16(13-19)28(36)38-3/h4-8,11,15-16,19H,9-10,12-14H2,1-3H3. The summed E-state index contributed by atoms with van der Waals surface area (Å²) in [5.74, 6) is 1.82. The zero-order chi connectivity index (χ0) is 28.0. The van der Waals surface area contributed by atoms with Gasteiger partial charge in [-0.25, -0.2) is 9.97 Å². The van der Waals surface area contributed by atoms with Crippen LogP contribution in [0.15, 0.2) is 42.7 Å². The molecule has 2 aromatic heterocycles. The average molecular weight is 583 g/mol. The minimum Gasteiger partial charge on any atom is -0.496 e. The number of fused-ring (bicyclic) bond motifs is 1. The number of nitrogens with zero attached hydrogens (tertiary/aromatic N) is 4. The Morgan fingerprint density at radius 3 is 2.62 bits per heavy atom. The number of benzene rings is 2. The Balaban J connectivity index is 1.42. The second-order valence-corrected chi connectivity index (χ2v) is 11.2. The van der Waals surface area contributed by atoms with E-state index in [0.717, 1.165) is 18.4 Å². The van der Waals surface area contributed by atoms with Gasteiger partial charge in [-0.3, -0.25) is 4.79 Å². The van der Waals surface area contributed by atoms with Crippen molar-refractivity contribution in [2.75, 3.05) is 14.2 Å². The number of esters is 1. The fourth-order valence-corrected chi connectivity index (χ4v) is 5.32. The van der Waals surface area contributed by atoms with Gasteiger partial charge in [-0.2, -0.15) is 4.98 Å². The molecule has 0 atom stereocenters. The fourth-order valence-electron chi connectivity index (χ4n) is 4.87. The number of carbonyl (C=O) groups is 1. The van der Waals surface area contributed by atoms with Crippen LogP contribution < -0.4 is 14.2 Å². The van der Waals surface area contributed by atoms with E-state index < -0.39 is 0 Å². The highest BCUT2D eigenvalue weighted by atomic mass is 35.5. The number of carbonyl (C=O) groups excluding carboxylic acids is 1. The summed E-state index contributed by atoms with van der Waals surface area (Å²) in [6.45, 7) is 2.41. The van der Waals surface area contributed by atoms with Crippen molar-refractivity contribution in [1.82, 2.24) is 19.5 Å². The lowest BCUT2D eigenvalue weighted by molar-refractivity contribution is -0.151. The van der Waals surface area contributed by atoms with E-state index in [1.807, 2.05) is 34.9 Å². The maximum atomic E-state index is 11.8. The van der Waals surface area contributed by atoms with E-state index in [9.17, 15) is 4.79 Å². The highest BCUT2D eigenvalue weighted by molar-refractivity contribution is 6.34. The van der Waals surface area contributed by atoms with Crippen molar-refractivity contribution >= 4 is 40.3 Å². The Kier molecular flexibility index (Phi) is 6.96. The Bertz CT molecular complexity index is 1600. The van der Waals surface area contributed by atoms with Crippen LogP contribution in [0.2, 0.25) is 10.0 Å². The number of aromatic nitrogens is 4. The summed E-state index contributed by atoms with van der Waals surface area (Å²) < 4.78 is 24.8. The number of imidazole rings is 1. The molecule has 4 aromatic rings. The normalized spacial score (nSPS) is 19.1. The molecule has 9 nitrogen and oxygen atoms in total. The number of halogens is 2. The van der Waals surface area contributed by atoms with E-state index in [-0.39, 0.29) is 23.6 Å². The van der Waals surface area contributed by atoms with Crippen LogP contribution in [0.25, 0.3) is 22.6 Å². The maximum Gasteiger partial charge on any atom is 0.308 e. The minimum absolute atomic E-state index is 0.128. The topological polar surface area (TPSA) is 97.6 Å². The van der Waals surface area contributed by atoms with E-state index in [2.05, 4.69) is 16.9 Å². The van der Waals surface area contributed by atoms with Gasteiger partial charge < -0.3 is 23.5 Å². The predicted octanol–water partition coefficient (Wildman–Crippen LogP) is 6.12. The molecule has 0 saturated heterocycles. The quantitative estimate of drug-likeness (QED) is 0.218. The Hall–Kier alpha value is -3.56. The van der Waals surface area contributed by atoms with E-state index >= 15 is 0 Å². The predicted molar refractivity (Wildman–Crippen MR) is 150 cm³/mol. The van der Waals surface area contributed by atoms with Crippen LogP contribution in [0.5, 0.6) is 17.4 Å². The van der Waals surface area contributed by atoms with Crippen LogP contribution in [0.3, 0.4) is 0 Å². The number of hydrogen-bond acceptors (Lipinski definition) is 8. The van der Waals surface area contributed by atoms with E-state index in [4.69, 9.17) is 47.1 Å². The Morgan fingerprint density at radius 1 is 1.10 bits per heavy atom. The molecule has 11 heteroatoms. The summed E-state index contributed by atoms with van der Waals surface area (Å²) in [5.41, 5.74) is 2.38. The first-order valence-electron chi connectivity index (χ1n) is 13.0. The number of methoxy groups -OCH3 is 2. The smallest absolute Gasteiger partial charge is 0.308 e. The molecule has 40 heavy (non-hydrogen) atoms. The second kappa shape index (κ2) is 10.4. The van der Waals surface area contributed by atoms with Gasteiger partial charge in [0.25, 0.3) is 0 Å². The van der Waals surface area contributed by atoms with Crippen molar-refractivity contribution in [2.24, 2.45) is 5.92 Å². The number of hydrogen-bond donors (Lipinski definition) is 0. The van der Waals surface area contributed by atoms with E-state index in [1.165, 1.54) is 13.4 Å². The van der Waals surface area contributed by atoms with Gasteiger partial charge in [-0.15, -0.1) is 0 Å².